The summed E-state index contributed by atoms with van der Waals surface area (Å²) < 4.78 is 35.3. The molecule has 0 aliphatic carbocycles. The van der Waals surface area contributed by atoms with Crippen molar-refractivity contribution < 1.29 is 17.9 Å². The molecule has 1 fully saturated rings. The number of unbranched alkanes of at least 4 members (excludes halogenated alkanes) is 1. The van der Waals surface area contributed by atoms with E-state index in [-0.39, 0.29) is 10.8 Å². The summed E-state index contributed by atoms with van der Waals surface area (Å²) in [6.07, 6.45) is 3.17. The van der Waals surface area contributed by atoms with Gasteiger partial charge in [-0.2, -0.15) is 0 Å². The third kappa shape index (κ3) is 6.94. The van der Waals surface area contributed by atoms with Gasteiger partial charge >= 0.3 is 0 Å². The predicted molar refractivity (Wildman–Crippen MR) is 168 cm³/mol. The first-order chi connectivity index (χ1) is 20.3. The Kier molecular flexibility index (Phi) is 9.12. The van der Waals surface area contributed by atoms with Crippen molar-refractivity contribution in [3.8, 4) is 11.5 Å². The van der Waals surface area contributed by atoms with E-state index in [1.807, 2.05) is 73.7 Å². The number of ether oxygens (including phenoxy) is 1. The molecule has 0 unspecified atom stereocenters. The van der Waals surface area contributed by atoms with Gasteiger partial charge in [0.1, 0.15) is 5.75 Å². The number of carbonyl (C=O) groups excluding carboxylic acids is 1. The first-order valence-electron chi connectivity index (χ1n) is 14.4. The summed E-state index contributed by atoms with van der Waals surface area (Å²) in [5.41, 5.74) is 3.78. The number of nitrogens with one attached hydrogen (secondary N) is 1. The summed E-state index contributed by atoms with van der Waals surface area (Å²) in [5, 5.41) is 0. The molecule has 7 nitrogen and oxygen atoms in total. The summed E-state index contributed by atoms with van der Waals surface area (Å²) in [4.78, 5) is 17.7. The van der Waals surface area contributed by atoms with Crippen LogP contribution in [0.15, 0.2) is 102 Å². The molecular formula is C34H37N3O4S. The number of rotatable bonds is 10. The van der Waals surface area contributed by atoms with Gasteiger partial charge < -0.3 is 14.5 Å². The number of nitrogens with zero attached hydrogens (tertiary/aromatic N) is 2. The Balaban J connectivity index is 1.26. The zero-order valence-corrected chi connectivity index (χ0v) is 24.9. The number of para-hydroxylation sites is 3. The Bertz CT molecular complexity index is 1610. The fourth-order valence-electron chi connectivity index (χ4n) is 5.07. The van der Waals surface area contributed by atoms with Gasteiger partial charge in [-0.05, 0) is 79.4 Å². The maximum Gasteiger partial charge on any atom is 0.261 e. The van der Waals surface area contributed by atoms with Crippen LogP contribution < -0.4 is 14.4 Å². The van der Waals surface area contributed by atoms with Crippen LogP contribution in [0.25, 0.3) is 0 Å². The second-order valence-electron chi connectivity index (χ2n) is 10.5. The number of anilines is 2. The van der Waals surface area contributed by atoms with Gasteiger partial charge in [0.2, 0.25) is 0 Å². The van der Waals surface area contributed by atoms with Crippen molar-refractivity contribution in [2.24, 2.45) is 0 Å². The van der Waals surface area contributed by atoms with Crippen molar-refractivity contribution in [3.63, 3.8) is 0 Å². The van der Waals surface area contributed by atoms with Crippen LogP contribution in [0.5, 0.6) is 11.5 Å². The molecule has 42 heavy (non-hydrogen) atoms. The zero-order chi connectivity index (χ0) is 29.5. The Labute approximate surface area is 248 Å². The number of carbonyl (C=O) groups is 1. The van der Waals surface area contributed by atoms with Gasteiger partial charge in [-0.1, -0.05) is 61.9 Å². The second kappa shape index (κ2) is 13.1. The third-order valence-electron chi connectivity index (χ3n) is 7.52. The Morgan fingerprint density at radius 2 is 1.55 bits per heavy atom. The molecule has 0 spiro atoms. The number of sulfonamides is 1. The number of amides is 1. The summed E-state index contributed by atoms with van der Waals surface area (Å²) in [6, 6.07) is 29.8. The lowest BCUT2D eigenvalue weighted by Gasteiger charge is -2.37. The maximum absolute atomic E-state index is 13.6. The number of piperazine rings is 1. The van der Waals surface area contributed by atoms with Gasteiger partial charge in [0.15, 0.2) is 5.75 Å². The largest absolute Gasteiger partial charge is 0.455 e. The number of hydrogen-bond acceptors (Lipinski definition) is 5. The highest BCUT2D eigenvalue weighted by atomic mass is 32.2. The first kappa shape index (κ1) is 29.2. The van der Waals surface area contributed by atoms with Crippen LogP contribution in [0.1, 0.15) is 41.3 Å². The molecule has 1 aliphatic rings. The van der Waals surface area contributed by atoms with Gasteiger partial charge in [0, 0.05) is 37.4 Å². The number of aryl methyl sites for hydroxylation is 2. The van der Waals surface area contributed by atoms with Crippen molar-refractivity contribution in [2.75, 3.05) is 35.8 Å². The molecule has 1 saturated heterocycles. The zero-order valence-electron chi connectivity index (χ0n) is 24.1. The minimum Gasteiger partial charge on any atom is -0.455 e. The van der Waals surface area contributed by atoms with Crippen molar-refractivity contribution in [1.82, 2.24) is 4.90 Å². The minimum atomic E-state index is -3.86. The fourth-order valence-corrected chi connectivity index (χ4v) is 6.16. The van der Waals surface area contributed by atoms with E-state index in [1.54, 1.807) is 29.2 Å². The highest BCUT2D eigenvalue weighted by Crippen LogP contribution is 2.33. The lowest BCUT2D eigenvalue weighted by Crippen LogP contribution is -2.49. The minimum absolute atomic E-state index is 0.0668. The van der Waals surface area contributed by atoms with Gasteiger partial charge in [-0.15, -0.1) is 0 Å². The molecule has 1 aliphatic heterocycles. The third-order valence-corrected chi connectivity index (χ3v) is 8.90. The molecule has 0 saturated carbocycles. The van der Waals surface area contributed by atoms with Crippen LogP contribution >= 0.6 is 0 Å². The molecule has 0 bridgehead atoms. The molecule has 0 radical (unpaired) electrons. The van der Waals surface area contributed by atoms with E-state index in [1.165, 1.54) is 11.6 Å². The van der Waals surface area contributed by atoms with Crippen LogP contribution in [0.4, 0.5) is 11.4 Å². The molecule has 5 rings (SSSR count). The number of benzene rings is 4. The summed E-state index contributed by atoms with van der Waals surface area (Å²) in [7, 11) is -3.86. The lowest BCUT2D eigenvalue weighted by atomic mass is 10.1. The Morgan fingerprint density at radius 1 is 0.857 bits per heavy atom. The van der Waals surface area contributed by atoms with Crippen molar-refractivity contribution in [2.45, 2.75) is 38.0 Å². The summed E-state index contributed by atoms with van der Waals surface area (Å²) in [6.45, 7) is 6.27. The van der Waals surface area contributed by atoms with Gasteiger partial charge in [0.05, 0.1) is 10.6 Å². The molecule has 4 aromatic rings. The maximum atomic E-state index is 13.6. The van der Waals surface area contributed by atoms with E-state index in [4.69, 9.17) is 4.74 Å². The SMILES string of the molecule is CCCCc1ccc(NS(=O)(=O)c2ccc(C)c(C(=O)N3CCN(c4ccccc4Oc4ccccc4)CC3)c2)cc1. The molecule has 4 aromatic carbocycles. The molecule has 0 atom stereocenters. The average Bonchev–Trinajstić information content (AvgIpc) is 3.01. The van der Waals surface area contributed by atoms with Gasteiger partial charge in [-0.25, -0.2) is 8.42 Å². The average molecular weight is 584 g/mol. The van der Waals surface area contributed by atoms with Crippen LogP contribution in [0.3, 0.4) is 0 Å². The van der Waals surface area contributed by atoms with E-state index < -0.39 is 10.0 Å². The Hall–Kier alpha value is -4.30. The quantitative estimate of drug-likeness (QED) is 0.220. The lowest BCUT2D eigenvalue weighted by molar-refractivity contribution is 0.0745. The topological polar surface area (TPSA) is 79.0 Å². The van der Waals surface area contributed by atoms with Crippen LogP contribution in [-0.2, 0) is 16.4 Å². The van der Waals surface area contributed by atoms with E-state index >= 15 is 0 Å². The molecule has 218 valence electrons. The standard InChI is InChI=1S/C34H37N3O4S/c1-3-4-10-27-16-18-28(19-17-27)35-42(39,40)30-20-15-26(2)31(25-30)34(38)37-23-21-36(22-24-37)32-13-8-9-14-33(32)41-29-11-6-5-7-12-29/h5-9,11-20,25,35H,3-4,10,21-24H2,1-2H3. The van der Waals surface area contributed by atoms with E-state index in [0.717, 1.165) is 42.0 Å². The van der Waals surface area contributed by atoms with Crippen molar-refractivity contribution >= 4 is 27.3 Å². The van der Waals surface area contributed by atoms with E-state index in [0.29, 0.717) is 37.4 Å². The van der Waals surface area contributed by atoms with Crippen molar-refractivity contribution in [1.29, 1.82) is 0 Å². The van der Waals surface area contributed by atoms with Gasteiger partial charge in [0.25, 0.3) is 15.9 Å². The highest BCUT2D eigenvalue weighted by Gasteiger charge is 2.26. The van der Waals surface area contributed by atoms with E-state index in [2.05, 4.69) is 16.5 Å². The molecule has 1 heterocycles. The first-order valence-corrected chi connectivity index (χ1v) is 15.9. The summed E-state index contributed by atoms with van der Waals surface area (Å²) >= 11 is 0. The monoisotopic (exact) mass is 583 g/mol. The van der Waals surface area contributed by atoms with Gasteiger partial charge in [-0.3, -0.25) is 9.52 Å². The van der Waals surface area contributed by atoms with Crippen molar-refractivity contribution in [3.05, 3.63) is 114 Å². The normalized spacial score (nSPS) is 13.6. The Morgan fingerprint density at radius 3 is 2.26 bits per heavy atom. The highest BCUT2D eigenvalue weighted by molar-refractivity contribution is 7.92. The molecule has 0 aromatic heterocycles. The van der Waals surface area contributed by atoms with Crippen LogP contribution in [0.2, 0.25) is 0 Å². The molecule has 8 heteroatoms. The van der Waals surface area contributed by atoms with E-state index in [9.17, 15) is 13.2 Å². The second-order valence-corrected chi connectivity index (χ2v) is 12.2. The molecule has 1 N–H and O–H groups in total. The molecular weight excluding hydrogens is 546 g/mol. The van der Waals surface area contributed by atoms with Crippen LogP contribution in [-0.4, -0.2) is 45.4 Å². The fraction of sp³-hybridized carbons (Fsp3) is 0.265. The predicted octanol–water partition coefficient (Wildman–Crippen LogP) is 6.89. The summed E-state index contributed by atoms with van der Waals surface area (Å²) in [5.74, 6) is 1.36. The van der Waals surface area contributed by atoms with Crippen LogP contribution in [0, 0.1) is 6.92 Å². The smallest absolute Gasteiger partial charge is 0.261 e. The number of hydrogen-bond donors (Lipinski definition) is 1. The molecule has 1 amide bonds.